The van der Waals surface area contributed by atoms with Gasteiger partial charge in [-0.05, 0) is 36.5 Å². The molecule has 1 aliphatic carbocycles. The van der Waals surface area contributed by atoms with Gasteiger partial charge in [0.1, 0.15) is 0 Å². The smallest absolute Gasteiger partial charge is 0.306 e. The number of nitrogens with one attached hydrogen (secondary N) is 1. The van der Waals surface area contributed by atoms with Crippen molar-refractivity contribution in [3.8, 4) is 0 Å². The molecule has 1 aromatic rings. The molecule has 0 bridgehead atoms. The standard InChI is InChI=1S/C14H15NO2/c16-14(17)11-6-5-10-7-9-3-1-2-4-12(9)15-13(10)8-11/h1-4,7,11,13,15H,5-6,8H2,(H,16,17). The number of hydrogen-bond acceptors (Lipinski definition) is 2. The lowest BCUT2D eigenvalue weighted by Gasteiger charge is -2.34. The lowest BCUT2D eigenvalue weighted by molar-refractivity contribution is -0.142. The van der Waals surface area contributed by atoms with E-state index in [4.69, 9.17) is 5.11 Å². The van der Waals surface area contributed by atoms with Gasteiger partial charge >= 0.3 is 5.97 Å². The SMILES string of the molecule is O=C(O)C1CCC2=Cc3ccccc3NC2C1. The molecule has 1 aromatic carbocycles. The van der Waals surface area contributed by atoms with E-state index < -0.39 is 5.97 Å². The summed E-state index contributed by atoms with van der Waals surface area (Å²) in [4.78, 5) is 11.0. The topological polar surface area (TPSA) is 49.3 Å². The van der Waals surface area contributed by atoms with Gasteiger partial charge in [0, 0.05) is 11.7 Å². The number of aliphatic carboxylic acids is 1. The third-order valence-electron chi connectivity index (χ3n) is 3.73. The van der Waals surface area contributed by atoms with Crippen LogP contribution in [-0.2, 0) is 4.79 Å². The first-order chi connectivity index (χ1) is 8.24. The van der Waals surface area contributed by atoms with Gasteiger partial charge in [-0.25, -0.2) is 0 Å². The maximum atomic E-state index is 11.0. The number of para-hydroxylation sites is 1. The van der Waals surface area contributed by atoms with Crippen LogP contribution in [0.5, 0.6) is 0 Å². The van der Waals surface area contributed by atoms with Crippen molar-refractivity contribution < 1.29 is 9.90 Å². The molecule has 1 fully saturated rings. The fraction of sp³-hybridized carbons (Fsp3) is 0.357. The second-order valence-electron chi connectivity index (χ2n) is 4.81. The third kappa shape index (κ3) is 1.82. The molecule has 1 aliphatic heterocycles. The highest BCUT2D eigenvalue weighted by Gasteiger charge is 2.31. The van der Waals surface area contributed by atoms with Gasteiger partial charge in [0.05, 0.1) is 5.92 Å². The second-order valence-corrected chi connectivity index (χ2v) is 4.81. The van der Waals surface area contributed by atoms with Gasteiger partial charge in [-0.3, -0.25) is 4.79 Å². The number of hydrogen-bond donors (Lipinski definition) is 2. The average molecular weight is 229 g/mol. The molecule has 1 heterocycles. The zero-order valence-electron chi connectivity index (χ0n) is 9.52. The number of anilines is 1. The number of carbonyl (C=O) groups is 1. The fourth-order valence-electron chi connectivity index (χ4n) is 2.76. The van der Waals surface area contributed by atoms with Crippen molar-refractivity contribution in [1.29, 1.82) is 0 Å². The Kier molecular flexibility index (Phi) is 2.39. The molecule has 2 aliphatic rings. The number of benzene rings is 1. The first kappa shape index (κ1) is 10.4. The Morgan fingerprint density at radius 2 is 2.18 bits per heavy atom. The molecule has 88 valence electrons. The molecule has 0 radical (unpaired) electrons. The Morgan fingerprint density at radius 1 is 1.35 bits per heavy atom. The van der Waals surface area contributed by atoms with E-state index in [1.165, 1.54) is 11.1 Å². The summed E-state index contributed by atoms with van der Waals surface area (Å²) in [5.41, 5.74) is 3.68. The predicted molar refractivity (Wildman–Crippen MR) is 66.8 cm³/mol. The summed E-state index contributed by atoms with van der Waals surface area (Å²) in [5, 5.41) is 12.5. The van der Waals surface area contributed by atoms with Crippen LogP contribution in [0.2, 0.25) is 0 Å². The van der Waals surface area contributed by atoms with Crippen molar-refractivity contribution in [2.75, 3.05) is 5.32 Å². The molecule has 0 saturated heterocycles. The molecule has 17 heavy (non-hydrogen) atoms. The Labute approximate surface area is 100 Å². The van der Waals surface area contributed by atoms with Crippen molar-refractivity contribution in [3.05, 3.63) is 35.4 Å². The van der Waals surface area contributed by atoms with Gasteiger partial charge in [0.15, 0.2) is 0 Å². The first-order valence-electron chi connectivity index (χ1n) is 6.03. The maximum absolute atomic E-state index is 11.0. The van der Waals surface area contributed by atoms with Gasteiger partial charge < -0.3 is 10.4 Å². The monoisotopic (exact) mass is 229 g/mol. The molecule has 3 nitrogen and oxygen atoms in total. The summed E-state index contributed by atoms with van der Waals surface area (Å²) < 4.78 is 0. The molecular weight excluding hydrogens is 214 g/mol. The summed E-state index contributed by atoms with van der Waals surface area (Å²) in [7, 11) is 0. The van der Waals surface area contributed by atoms with Crippen LogP contribution in [0.4, 0.5) is 5.69 Å². The number of carboxylic acids is 1. The molecule has 2 atom stereocenters. The molecule has 0 amide bonds. The summed E-state index contributed by atoms with van der Waals surface area (Å²) >= 11 is 0. The second kappa shape index (κ2) is 3.91. The quantitative estimate of drug-likeness (QED) is 0.778. The van der Waals surface area contributed by atoms with Gasteiger partial charge in [-0.15, -0.1) is 0 Å². The van der Waals surface area contributed by atoms with E-state index in [2.05, 4.69) is 17.5 Å². The molecule has 2 N–H and O–H groups in total. The van der Waals surface area contributed by atoms with Crippen molar-refractivity contribution >= 4 is 17.7 Å². The van der Waals surface area contributed by atoms with Crippen LogP contribution >= 0.6 is 0 Å². The third-order valence-corrected chi connectivity index (χ3v) is 3.73. The largest absolute Gasteiger partial charge is 0.481 e. The summed E-state index contributed by atoms with van der Waals surface area (Å²) in [6.45, 7) is 0. The lowest BCUT2D eigenvalue weighted by atomic mass is 9.79. The van der Waals surface area contributed by atoms with Crippen molar-refractivity contribution in [2.24, 2.45) is 5.92 Å². The van der Waals surface area contributed by atoms with Crippen molar-refractivity contribution in [2.45, 2.75) is 25.3 Å². The van der Waals surface area contributed by atoms with Crippen LogP contribution in [-0.4, -0.2) is 17.1 Å². The Bertz CT molecular complexity index is 493. The van der Waals surface area contributed by atoms with E-state index in [0.717, 1.165) is 18.5 Å². The highest BCUT2D eigenvalue weighted by molar-refractivity contribution is 5.75. The van der Waals surface area contributed by atoms with E-state index in [-0.39, 0.29) is 12.0 Å². The van der Waals surface area contributed by atoms with Gasteiger partial charge in [-0.1, -0.05) is 24.3 Å². The minimum atomic E-state index is -0.662. The van der Waals surface area contributed by atoms with Crippen LogP contribution < -0.4 is 5.32 Å². The minimum Gasteiger partial charge on any atom is -0.481 e. The molecule has 1 saturated carbocycles. The first-order valence-corrected chi connectivity index (χ1v) is 6.03. The zero-order chi connectivity index (χ0) is 11.8. The predicted octanol–water partition coefficient (Wildman–Crippen LogP) is 2.75. The molecule has 2 unspecified atom stereocenters. The fourth-order valence-corrected chi connectivity index (χ4v) is 2.76. The van der Waals surface area contributed by atoms with Crippen LogP contribution in [0.1, 0.15) is 24.8 Å². The summed E-state index contributed by atoms with van der Waals surface area (Å²) in [5.74, 6) is -0.861. The molecule has 0 aromatic heterocycles. The van der Waals surface area contributed by atoms with Gasteiger partial charge in [0.2, 0.25) is 0 Å². The summed E-state index contributed by atoms with van der Waals surface area (Å²) in [6.07, 6.45) is 4.58. The van der Waals surface area contributed by atoms with E-state index in [1.807, 2.05) is 18.2 Å². The van der Waals surface area contributed by atoms with Gasteiger partial charge in [0.25, 0.3) is 0 Å². The maximum Gasteiger partial charge on any atom is 0.306 e. The van der Waals surface area contributed by atoms with Crippen LogP contribution in [0.25, 0.3) is 6.08 Å². The molecule has 0 spiro atoms. The highest BCUT2D eigenvalue weighted by atomic mass is 16.4. The number of rotatable bonds is 1. The summed E-state index contributed by atoms with van der Waals surface area (Å²) in [6, 6.07) is 8.38. The Hall–Kier alpha value is -1.77. The zero-order valence-corrected chi connectivity index (χ0v) is 9.52. The van der Waals surface area contributed by atoms with E-state index in [1.54, 1.807) is 0 Å². The normalized spacial score (nSPS) is 26.2. The van der Waals surface area contributed by atoms with Crippen LogP contribution in [0.3, 0.4) is 0 Å². The van der Waals surface area contributed by atoms with E-state index in [0.29, 0.717) is 6.42 Å². The van der Waals surface area contributed by atoms with Crippen molar-refractivity contribution in [1.82, 2.24) is 0 Å². The molecule has 3 rings (SSSR count). The average Bonchev–Trinajstić information content (AvgIpc) is 2.35. The van der Waals surface area contributed by atoms with Crippen molar-refractivity contribution in [3.63, 3.8) is 0 Å². The molecular formula is C14H15NO2. The van der Waals surface area contributed by atoms with E-state index >= 15 is 0 Å². The number of fused-ring (bicyclic) bond motifs is 2. The van der Waals surface area contributed by atoms with Crippen LogP contribution in [0.15, 0.2) is 29.8 Å². The van der Waals surface area contributed by atoms with Crippen LogP contribution in [0, 0.1) is 5.92 Å². The highest BCUT2D eigenvalue weighted by Crippen LogP contribution is 2.36. The Balaban J connectivity index is 1.88. The number of carboxylic acid groups (broad SMARTS) is 1. The molecule has 3 heteroatoms. The lowest BCUT2D eigenvalue weighted by Crippen LogP contribution is -2.34. The Morgan fingerprint density at radius 3 is 3.00 bits per heavy atom. The van der Waals surface area contributed by atoms with E-state index in [9.17, 15) is 4.79 Å². The van der Waals surface area contributed by atoms with Gasteiger partial charge in [-0.2, -0.15) is 0 Å². The minimum absolute atomic E-state index is 0.199.